The maximum atomic E-state index is 13.9. The molecule has 1 saturated heterocycles. The molecule has 120 valence electrons. The van der Waals surface area contributed by atoms with Gasteiger partial charge in [0.25, 0.3) is 0 Å². The van der Waals surface area contributed by atoms with Crippen LogP contribution in [0.2, 0.25) is 0 Å². The molecule has 0 aliphatic carbocycles. The summed E-state index contributed by atoms with van der Waals surface area (Å²) in [5.41, 5.74) is 2.09. The average molecular weight is 324 g/mol. The Bertz CT molecular complexity index is 586. The first-order valence-corrected chi connectivity index (χ1v) is 8.25. The van der Waals surface area contributed by atoms with Crippen LogP contribution >= 0.6 is 11.5 Å². The van der Waals surface area contributed by atoms with Crippen LogP contribution in [0.4, 0.5) is 4.39 Å². The fourth-order valence-corrected chi connectivity index (χ4v) is 3.47. The van der Waals surface area contributed by atoms with Gasteiger partial charge >= 0.3 is 0 Å². The number of aryl methyl sites for hydroxylation is 1. The predicted octanol–water partition coefficient (Wildman–Crippen LogP) is 1.32. The number of halogens is 1. The SMILES string of the molecule is CN(Cc1csnn1)C[C@@H]1C[C@H](F)CN1Cc1ccnn1C. The highest BCUT2D eigenvalue weighted by molar-refractivity contribution is 7.03. The third-order valence-corrected chi connectivity index (χ3v) is 4.68. The van der Waals surface area contributed by atoms with E-state index in [1.54, 1.807) is 6.20 Å². The van der Waals surface area contributed by atoms with Gasteiger partial charge in [-0.25, -0.2) is 4.39 Å². The number of aromatic nitrogens is 4. The van der Waals surface area contributed by atoms with E-state index < -0.39 is 6.17 Å². The zero-order valence-corrected chi connectivity index (χ0v) is 13.7. The van der Waals surface area contributed by atoms with Crippen molar-refractivity contribution >= 4 is 11.5 Å². The Morgan fingerprint density at radius 3 is 3.05 bits per heavy atom. The monoisotopic (exact) mass is 324 g/mol. The highest BCUT2D eigenvalue weighted by Gasteiger charge is 2.33. The molecule has 2 aromatic rings. The molecule has 0 saturated carbocycles. The molecule has 0 unspecified atom stereocenters. The van der Waals surface area contributed by atoms with E-state index in [0.29, 0.717) is 13.0 Å². The van der Waals surface area contributed by atoms with E-state index in [-0.39, 0.29) is 6.04 Å². The summed E-state index contributed by atoms with van der Waals surface area (Å²) in [5.74, 6) is 0. The van der Waals surface area contributed by atoms with Crippen LogP contribution in [-0.4, -0.2) is 61.5 Å². The highest BCUT2D eigenvalue weighted by atomic mass is 32.1. The summed E-state index contributed by atoms with van der Waals surface area (Å²) in [4.78, 5) is 4.41. The van der Waals surface area contributed by atoms with Gasteiger partial charge in [0, 0.05) is 50.8 Å². The van der Waals surface area contributed by atoms with Crippen LogP contribution in [0.1, 0.15) is 17.8 Å². The van der Waals surface area contributed by atoms with Crippen LogP contribution in [0.25, 0.3) is 0 Å². The molecule has 8 heteroatoms. The number of alkyl halides is 1. The Morgan fingerprint density at radius 2 is 2.36 bits per heavy atom. The molecule has 2 aromatic heterocycles. The topological polar surface area (TPSA) is 50.1 Å². The summed E-state index contributed by atoms with van der Waals surface area (Å²) in [6.45, 7) is 2.83. The lowest BCUT2D eigenvalue weighted by Crippen LogP contribution is -2.38. The van der Waals surface area contributed by atoms with Gasteiger partial charge in [-0.1, -0.05) is 4.49 Å². The Labute approximate surface area is 133 Å². The molecular formula is C14H21FN6S. The van der Waals surface area contributed by atoms with Gasteiger partial charge in [-0.15, -0.1) is 5.10 Å². The standard InChI is InChI=1S/C14H21FN6S/c1-19(7-12-10-22-18-17-12)8-14-5-11(15)6-21(14)9-13-3-4-16-20(13)2/h3-4,10-11,14H,5-9H2,1-2H3/t11-,14-/m0/s1. The minimum Gasteiger partial charge on any atom is -0.299 e. The summed E-state index contributed by atoms with van der Waals surface area (Å²) in [6.07, 6.45) is 1.64. The van der Waals surface area contributed by atoms with Crippen molar-refractivity contribution < 1.29 is 4.39 Å². The Kier molecular flexibility index (Phi) is 4.80. The molecule has 3 rings (SSSR count). The molecule has 1 fully saturated rings. The van der Waals surface area contributed by atoms with Crippen molar-refractivity contribution in [3.63, 3.8) is 0 Å². The van der Waals surface area contributed by atoms with E-state index in [0.717, 1.165) is 31.0 Å². The smallest absolute Gasteiger partial charge is 0.114 e. The zero-order chi connectivity index (χ0) is 15.5. The fourth-order valence-electron chi connectivity index (χ4n) is 3.02. The number of nitrogens with zero attached hydrogens (tertiary/aromatic N) is 6. The molecule has 3 heterocycles. The lowest BCUT2D eigenvalue weighted by atomic mass is 10.2. The molecule has 6 nitrogen and oxygen atoms in total. The van der Waals surface area contributed by atoms with E-state index >= 15 is 0 Å². The van der Waals surface area contributed by atoms with Crippen LogP contribution in [0.5, 0.6) is 0 Å². The van der Waals surface area contributed by atoms with E-state index in [4.69, 9.17) is 0 Å². The van der Waals surface area contributed by atoms with Crippen LogP contribution in [0.15, 0.2) is 17.6 Å². The summed E-state index contributed by atoms with van der Waals surface area (Å²) < 4.78 is 19.6. The second-order valence-electron chi connectivity index (χ2n) is 5.96. The molecule has 1 aliphatic rings. The average Bonchev–Trinajstić information content (AvgIpc) is 3.16. The van der Waals surface area contributed by atoms with Gasteiger partial charge in [0.05, 0.1) is 11.4 Å². The minimum absolute atomic E-state index is 0.224. The molecule has 0 bridgehead atoms. The van der Waals surface area contributed by atoms with Crippen LogP contribution in [-0.2, 0) is 20.1 Å². The first-order valence-electron chi connectivity index (χ1n) is 7.41. The van der Waals surface area contributed by atoms with Crippen molar-refractivity contribution in [1.82, 2.24) is 29.2 Å². The van der Waals surface area contributed by atoms with Gasteiger partial charge in [0.15, 0.2) is 0 Å². The molecule has 22 heavy (non-hydrogen) atoms. The third-order valence-electron chi connectivity index (χ3n) is 4.12. The molecule has 2 atom stereocenters. The van der Waals surface area contributed by atoms with Crippen molar-refractivity contribution in [2.45, 2.75) is 31.7 Å². The maximum Gasteiger partial charge on any atom is 0.114 e. The highest BCUT2D eigenvalue weighted by Crippen LogP contribution is 2.23. The first kappa shape index (κ1) is 15.5. The van der Waals surface area contributed by atoms with Crippen LogP contribution in [0.3, 0.4) is 0 Å². The molecule has 0 amide bonds. The van der Waals surface area contributed by atoms with E-state index in [1.807, 2.05) is 30.2 Å². The third kappa shape index (κ3) is 3.68. The zero-order valence-electron chi connectivity index (χ0n) is 12.9. The molecular weight excluding hydrogens is 303 g/mol. The second-order valence-corrected chi connectivity index (χ2v) is 6.57. The molecule has 0 radical (unpaired) electrons. The Morgan fingerprint density at radius 1 is 1.50 bits per heavy atom. The van der Waals surface area contributed by atoms with Gasteiger partial charge in [0.1, 0.15) is 6.17 Å². The second kappa shape index (κ2) is 6.80. The minimum atomic E-state index is -0.743. The van der Waals surface area contributed by atoms with Crippen molar-refractivity contribution in [1.29, 1.82) is 0 Å². The molecule has 0 spiro atoms. The summed E-state index contributed by atoms with van der Waals surface area (Å²) in [7, 11) is 3.97. The van der Waals surface area contributed by atoms with Crippen molar-refractivity contribution in [2.75, 3.05) is 20.1 Å². The summed E-state index contributed by atoms with van der Waals surface area (Å²) >= 11 is 1.36. The van der Waals surface area contributed by atoms with Gasteiger partial charge in [-0.05, 0) is 31.1 Å². The maximum absolute atomic E-state index is 13.9. The van der Waals surface area contributed by atoms with Crippen molar-refractivity contribution in [3.05, 3.63) is 29.0 Å². The summed E-state index contributed by atoms with van der Waals surface area (Å²) in [6, 6.07) is 2.22. The van der Waals surface area contributed by atoms with Crippen molar-refractivity contribution in [3.8, 4) is 0 Å². The van der Waals surface area contributed by atoms with Gasteiger partial charge in [-0.2, -0.15) is 5.10 Å². The molecule has 0 aromatic carbocycles. The number of likely N-dealkylation sites (N-methyl/N-ethyl adjacent to an activating group) is 1. The first-order chi connectivity index (χ1) is 10.6. The molecule has 0 N–H and O–H groups in total. The lowest BCUT2D eigenvalue weighted by molar-refractivity contribution is 0.176. The summed E-state index contributed by atoms with van der Waals surface area (Å²) in [5, 5.41) is 10.2. The Balaban J connectivity index is 1.59. The van der Waals surface area contributed by atoms with Crippen LogP contribution < -0.4 is 0 Å². The van der Waals surface area contributed by atoms with E-state index in [9.17, 15) is 4.39 Å². The number of hydrogen-bond acceptors (Lipinski definition) is 6. The van der Waals surface area contributed by atoms with Crippen LogP contribution in [0, 0.1) is 0 Å². The quantitative estimate of drug-likeness (QED) is 0.802. The van der Waals surface area contributed by atoms with Gasteiger partial charge in [0.2, 0.25) is 0 Å². The van der Waals surface area contributed by atoms with Gasteiger partial charge in [-0.3, -0.25) is 14.5 Å². The van der Waals surface area contributed by atoms with Gasteiger partial charge < -0.3 is 0 Å². The van der Waals surface area contributed by atoms with E-state index in [2.05, 4.69) is 24.5 Å². The van der Waals surface area contributed by atoms with E-state index in [1.165, 1.54) is 11.5 Å². The number of hydrogen-bond donors (Lipinski definition) is 0. The lowest BCUT2D eigenvalue weighted by Gasteiger charge is -2.27. The number of rotatable bonds is 6. The fraction of sp³-hybridized carbons (Fsp3) is 0.643. The Hall–Kier alpha value is -1.38. The predicted molar refractivity (Wildman–Crippen MR) is 83.2 cm³/mol. The molecule has 1 aliphatic heterocycles. The largest absolute Gasteiger partial charge is 0.299 e. The number of likely N-dealkylation sites (tertiary alicyclic amines) is 1. The van der Waals surface area contributed by atoms with Crippen molar-refractivity contribution in [2.24, 2.45) is 7.05 Å². The normalized spacial score (nSPS) is 22.7.